The number of aliphatic hydroxyl groups is 1. The second-order valence-electron chi connectivity index (χ2n) is 3.99. The molecule has 3 nitrogen and oxygen atoms in total. The van der Waals surface area contributed by atoms with Crippen molar-refractivity contribution in [3.63, 3.8) is 0 Å². The van der Waals surface area contributed by atoms with E-state index in [-0.39, 0.29) is 18.1 Å². The second-order valence-corrected chi connectivity index (χ2v) is 3.99. The van der Waals surface area contributed by atoms with Crippen LogP contribution in [-0.2, 0) is 0 Å². The Hall–Kier alpha value is -0.590. The second kappa shape index (κ2) is 2.72. The summed E-state index contributed by atoms with van der Waals surface area (Å²) in [5, 5.41) is 18.4. The predicted molar refractivity (Wildman–Crippen MR) is 44.3 cm³/mol. The molecule has 2 aliphatic heterocycles. The Morgan fingerprint density at radius 2 is 2.17 bits per heavy atom. The Bertz CT molecular complexity index is 223. The van der Waals surface area contributed by atoms with Gasteiger partial charge in [-0.2, -0.15) is 5.26 Å². The number of aliphatic hydroxyl groups excluding tert-OH is 1. The summed E-state index contributed by atoms with van der Waals surface area (Å²) in [7, 11) is 2.05. The lowest BCUT2D eigenvalue weighted by molar-refractivity contribution is 0.0912. The Morgan fingerprint density at radius 3 is 2.75 bits per heavy atom. The molecule has 0 saturated carbocycles. The van der Waals surface area contributed by atoms with E-state index in [1.807, 2.05) is 0 Å². The number of piperidine rings is 1. The van der Waals surface area contributed by atoms with Gasteiger partial charge in [0.15, 0.2) is 0 Å². The Kier molecular flexibility index (Phi) is 1.82. The highest BCUT2D eigenvalue weighted by atomic mass is 16.3. The molecular weight excluding hydrogens is 152 g/mol. The first kappa shape index (κ1) is 8.03. The molecule has 2 rings (SSSR count). The fraction of sp³-hybridized carbons (Fsp3) is 0.889. The van der Waals surface area contributed by atoms with Crippen LogP contribution in [0.4, 0.5) is 0 Å². The van der Waals surface area contributed by atoms with E-state index in [0.29, 0.717) is 6.04 Å². The maximum absolute atomic E-state index is 9.63. The molecule has 0 amide bonds. The van der Waals surface area contributed by atoms with E-state index >= 15 is 0 Å². The van der Waals surface area contributed by atoms with Crippen molar-refractivity contribution in [1.29, 1.82) is 5.26 Å². The summed E-state index contributed by atoms with van der Waals surface area (Å²) in [6, 6.07) is 3.00. The quantitative estimate of drug-likeness (QED) is 0.565. The van der Waals surface area contributed by atoms with Gasteiger partial charge in [-0.25, -0.2) is 0 Å². The van der Waals surface area contributed by atoms with Crippen molar-refractivity contribution < 1.29 is 5.11 Å². The Labute approximate surface area is 72.6 Å². The summed E-state index contributed by atoms with van der Waals surface area (Å²) in [5.41, 5.74) is 0. The molecule has 3 heteroatoms. The van der Waals surface area contributed by atoms with Crippen molar-refractivity contribution in [2.75, 3.05) is 7.05 Å². The largest absolute Gasteiger partial charge is 0.391 e. The number of likely N-dealkylation sites (N-methyl/N-ethyl adjacent to an activating group) is 1. The number of nitrogens with zero attached hydrogens (tertiary/aromatic N) is 2. The molecule has 4 unspecified atom stereocenters. The molecule has 2 bridgehead atoms. The van der Waals surface area contributed by atoms with Crippen molar-refractivity contribution in [1.82, 2.24) is 4.90 Å². The van der Waals surface area contributed by atoms with Crippen LogP contribution in [0.3, 0.4) is 0 Å². The molecule has 0 aliphatic carbocycles. The normalized spacial score (nSPS) is 47.4. The molecule has 2 saturated heterocycles. The zero-order chi connectivity index (χ0) is 8.72. The van der Waals surface area contributed by atoms with Gasteiger partial charge in [0, 0.05) is 18.0 Å². The van der Waals surface area contributed by atoms with Crippen LogP contribution in [0.15, 0.2) is 0 Å². The van der Waals surface area contributed by atoms with Gasteiger partial charge in [-0.15, -0.1) is 0 Å². The summed E-state index contributed by atoms with van der Waals surface area (Å²) in [5.74, 6) is 0.174. The lowest BCUT2D eigenvalue weighted by Crippen LogP contribution is -2.41. The standard InChI is InChI=1S/C9H14N2O/c1-11-7-2-6(5-10)3-8(11)9(12)4-7/h6-9,12H,2-4H2,1H3. The van der Waals surface area contributed by atoms with Crippen LogP contribution < -0.4 is 0 Å². The fourth-order valence-corrected chi connectivity index (χ4v) is 2.55. The lowest BCUT2D eigenvalue weighted by Gasteiger charge is -2.33. The van der Waals surface area contributed by atoms with Gasteiger partial charge in [-0.3, -0.25) is 4.90 Å². The van der Waals surface area contributed by atoms with Crippen molar-refractivity contribution >= 4 is 0 Å². The van der Waals surface area contributed by atoms with Gasteiger partial charge in [-0.05, 0) is 26.3 Å². The average Bonchev–Trinajstić information content (AvgIpc) is 2.24. The molecule has 0 aromatic rings. The van der Waals surface area contributed by atoms with Gasteiger partial charge in [0.05, 0.1) is 12.2 Å². The van der Waals surface area contributed by atoms with Crippen LogP contribution >= 0.6 is 0 Å². The predicted octanol–water partition coefficient (Wildman–Crippen LogP) is 0.354. The molecule has 0 radical (unpaired) electrons. The van der Waals surface area contributed by atoms with Gasteiger partial charge in [0.1, 0.15) is 0 Å². The van der Waals surface area contributed by atoms with E-state index in [4.69, 9.17) is 5.26 Å². The van der Waals surface area contributed by atoms with Crippen molar-refractivity contribution in [2.45, 2.75) is 37.5 Å². The minimum Gasteiger partial charge on any atom is -0.391 e. The van der Waals surface area contributed by atoms with E-state index < -0.39 is 0 Å². The third-order valence-corrected chi connectivity index (χ3v) is 3.32. The number of hydrogen-bond acceptors (Lipinski definition) is 3. The highest BCUT2D eigenvalue weighted by molar-refractivity contribution is 5.03. The molecule has 12 heavy (non-hydrogen) atoms. The molecule has 0 aromatic carbocycles. The van der Waals surface area contributed by atoms with Crippen LogP contribution in [0.5, 0.6) is 0 Å². The smallest absolute Gasteiger partial charge is 0.0710 e. The molecule has 66 valence electrons. The van der Waals surface area contributed by atoms with Crippen LogP contribution in [0.1, 0.15) is 19.3 Å². The van der Waals surface area contributed by atoms with E-state index in [1.54, 1.807) is 0 Å². The van der Waals surface area contributed by atoms with Gasteiger partial charge >= 0.3 is 0 Å². The minimum atomic E-state index is -0.196. The molecule has 1 N–H and O–H groups in total. The summed E-state index contributed by atoms with van der Waals surface area (Å²) in [4.78, 5) is 2.23. The van der Waals surface area contributed by atoms with Crippen LogP contribution in [0, 0.1) is 17.2 Å². The molecule has 2 heterocycles. The Balaban J connectivity index is 2.14. The fourth-order valence-electron chi connectivity index (χ4n) is 2.55. The van der Waals surface area contributed by atoms with Gasteiger partial charge < -0.3 is 5.11 Å². The van der Waals surface area contributed by atoms with E-state index in [2.05, 4.69) is 18.0 Å². The molecule has 0 aromatic heterocycles. The van der Waals surface area contributed by atoms with Crippen molar-refractivity contribution in [3.05, 3.63) is 0 Å². The topological polar surface area (TPSA) is 47.3 Å². The number of fused-ring (bicyclic) bond motifs is 2. The number of nitriles is 1. The molecule has 4 atom stereocenters. The third-order valence-electron chi connectivity index (χ3n) is 3.32. The van der Waals surface area contributed by atoms with E-state index in [0.717, 1.165) is 19.3 Å². The molecule has 2 fully saturated rings. The highest BCUT2D eigenvalue weighted by Gasteiger charge is 2.43. The van der Waals surface area contributed by atoms with Crippen LogP contribution in [0.2, 0.25) is 0 Å². The zero-order valence-corrected chi connectivity index (χ0v) is 7.27. The van der Waals surface area contributed by atoms with Crippen molar-refractivity contribution in [3.8, 4) is 6.07 Å². The first-order valence-corrected chi connectivity index (χ1v) is 4.52. The first-order chi connectivity index (χ1) is 5.72. The van der Waals surface area contributed by atoms with E-state index in [1.165, 1.54) is 0 Å². The summed E-state index contributed by atoms with van der Waals surface area (Å²) >= 11 is 0. The molecule has 0 spiro atoms. The maximum Gasteiger partial charge on any atom is 0.0710 e. The molecular formula is C9H14N2O. The number of hydrogen-bond donors (Lipinski definition) is 1. The summed E-state index contributed by atoms with van der Waals surface area (Å²) in [6.07, 6.45) is 2.46. The molecule has 2 aliphatic rings. The average molecular weight is 166 g/mol. The maximum atomic E-state index is 9.63. The highest BCUT2D eigenvalue weighted by Crippen LogP contribution is 2.37. The van der Waals surface area contributed by atoms with Crippen LogP contribution in [-0.4, -0.2) is 35.2 Å². The van der Waals surface area contributed by atoms with Crippen LogP contribution in [0.25, 0.3) is 0 Å². The SMILES string of the molecule is CN1C2CC(C#N)CC1C(O)C2. The Morgan fingerprint density at radius 1 is 1.42 bits per heavy atom. The first-order valence-electron chi connectivity index (χ1n) is 4.52. The summed E-state index contributed by atoms with van der Waals surface area (Å²) < 4.78 is 0. The van der Waals surface area contributed by atoms with Crippen molar-refractivity contribution in [2.24, 2.45) is 5.92 Å². The lowest BCUT2D eigenvalue weighted by atomic mass is 9.92. The van der Waals surface area contributed by atoms with E-state index in [9.17, 15) is 5.11 Å². The third kappa shape index (κ3) is 1.03. The van der Waals surface area contributed by atoms with Gasteiger partial charge in [0.25, 0.3) is 0 Å². The zero-order valence-electron chi connectivity index (χ0n) is 7.27. The number of rotatable bonds is 0. The minimum absolute atomic E-state index is 0.174. The monoisotopic (exact) mass is 166 g/mol. The summed E-state index contributed by atoms with van der Waals surface area (Å²) in [6.45, 7) is 0. The van der Waals surface area contributed by atoms with Gasteiger partial charge in [0.2, 0.25) is 0 Å². The van der Waals surface area contributed by atoms with Gasteiger partial charge in [-0.1, -0.05) is 0 Å².